The number of ether oxygens (including phenoxy) is 1. The van der Waals surface area contributed by atoms with E-state index in [1.54, 1.807) is 11.0 Å². The molecule has 1 aromatic heterocycles. The fourth-order valence-corrected chi connectivity index (χ4v) is 7.06. The van der Waals surface area contributed by atoms with E-state index in [1.165, 1.54) is 4.90 Å². The normalized spacial score (nSPS) is 17.8. The fourth-order valence-electron chi connectivity index (χ4n) is 6.86. The van der Waals surface area contributed by atoms with Crippen molar-refractivity contribution in [3.8, 4) is 0 Å². The Morgan fingerprint density at radius 1 is 1.04 bits per heavy atom. The summed E-state index contributed by atoms with van der Waals surface area (Å²) in [5.74, 6) is -0.298. The summed E-state index contributed by atoms with van der Waals surface area (Å²) in [6.07, 6.45) is 6.13. The second-order valence-corrected chi connectivity index (χ2v) is 13.0. The third-order valence-electron chi connectivity index (χ3n) is 9.49. The average Bonchev–Trinajstić information content (AvgIpc) is 3.64. The molecule has 0 bridgehead atoms. The Morgan fingerprint density at radius 2 is 1.81 bits per heavy atom. The Kier molecular flexibility index (Phi) is 10.8. The van der Waals surface area contributed by atoms with E-state index in [2.05, 4.69) is 21.8 Å². The number of rotatable bonds is 13. The van der Waals surface area contributed by atoms with Gasteiger partial charge in [0.05, 0.1) is 0 Å². The van der Waals surface area contributed by atoms with Crippen molar-refractivity contribution in [1.29, 1.82) is 0 Å². The second-order valence-electron chi connectivity index (χ2n) is 12.6. The summed E-state index contributed by atoms with van der Waals surface area (Å²) in [4.78, 5) is 48.6. The first-order valence-electron chi connectivity index (χ1n) is 16.6. The SMILES string of the molecule is C=CCN(C(=O)OCc1ccccc1)C1CCN(CCC(CN2C(=O)N[C@H](Cc3c[nH]c4ccccc34)C2=O)c2cccc(Cl)c2)CC1. The number of aromatic nitrogens is 1. The van der Waals surface area contributed by atoms with Crippen molar-refractivity contribution >= 4 is 40.5 Å². The highest BCUT2D eigenvalue weighted by atomic mass is 35.5. The van der Waals surface area contributed by atoms with Crippen molar-refractivity contribution < 1.29 is 19.1 Å². The van der Waals surface area contributed by atoms with Crippen LogP contribution < -0.4 is 5.32 Å². The minimum Gasteiger partial charge on any atom is -0.445 e. The van der Waals surface area contributed by atoms with E-state index < -0.39 is 6.04 Å². The molecule has 0 saturated carbocycles. The zero-order valence-corrected chi connectivity index (χ0v) is 27.8. The number of imide groups is 1. The lowest BCUT2D eigenvalue weighted by molar-refractivity contribution is -0.127. The number of likely N-dealkylation sites (tertiary alicyclic amines) is 1. The number of urea groups is 1. The van der Waals surface area contributed by atoms with Crippen LogP contribution in [-0.4, -0.2) is 82.5 Å². The van der Waals surface area contributed by atoms with E-state index in [9.17, 15) is 14.4 Å². The lowest BCUT2D eigenvalue weighted by atomic mass is 9.94. The molecule has 0 spiro atoms. The van der Waals surface area contributed by atoms with Crippen LogP contribution in [0.4, 0.5) is 9.59 Å². The summed E-state index contributed by atoms with van der Waals surface area (Å²) in [6.45, 7) is 7.22. The predicted molar refractivity (Wildman–Crippen MR) is 188 cm³/mol. The third-order valence-corrected chi connectivity index (χ3v) is 9.72. The van der Waals surface area contributed by atoms with Crippen LogP contribution in [-0.2, 0) is 22.6 Å². The smallest absolute Gasteiger partial charge is 0.410 e. The van der Waals surface area contributed by atoms with Gasteiger partial charge in [-0.15, -0.1) is 6.58 Å². The molecule has 6 rings (SSSR count). The number of H-pyrrole nitrogens is 1. The first-order valence-corrected chi connectivity index (χ1v) is 17.0. The van der Waals surface area contributed by atoms with Crippen molar-refractivity contribution in [2.24, 2.45) is 0 Å². The van der Waals surface area contributed by atoms with Gasteiger partial charge >= 0.3 is 12.1 Å². The number of para-hydroxylation sites is 1. The van der Waals surface area contributed by atoms with E-state index in [-0.39, 0.29) is 43.1 Å². The van der Waals surface area contributed by atoms with E-state index in [1.807, 2.05) is 85.1 Å². The van der Waals surface area contributed by atoms with Crippen LogP contribution in [0.1, 0.15) is 41.9 Å². The molecule has 0 radical (unpaired) electrons. The zero-order valence-electron chi connectivity index (χ0n) is 27.0. The number of fused-ring (bicyclic) bond motifs is 1. The van der Waals surface area contributed by atoms with Gasteiger partial charge in [0.2, 0.25) is 0 Å². The molecule has 2 atom stereocenters. The van der Waals surface area contributed by atoms with E-state index in [4.69, 9.17) is 16.3 Å². The Bertz CT molecular complexity index is 1740. The number of benzene rings is 3. The lowest BCUT2D eigenvalue weighted by Gasteiger charge is -2.38. The molecule has 3 heterocycles. The molecule has 2 aliphatic heterocycles. The first kappa shape index (κ1) is 33.3. The summed E-state index contributed by atoms with van der Waals surface area (Å²) < 4.78 is 5.64. The van der Waals surface area contributed by atoms with Crippen LogP contribution in [0.15, 0.2) is 97.7 Å². The molecule has 4 amide bonds. The molecular weight excluding hydrogens is 626 g/mol. The maximum absolute atomic E-state index is 13.6. The molecule has 2 N–H and O–H groups in total. The first-order chi connectivity index (χ1) is 23.4. The summed E-state index contributed by atoms with van der Waals surface area (Å²) >= 11 is 6.39. The van der Waals surface area contributed by atoms with Gasteiger partial charge < -0.3 is 24.8 Å². The van der Waals surface area contributed by atoms with Gasteiger partial charge in [-0.2, -0.15) is 0 Å². The van der Waals surface area contributed by atoms with Crippen LogP contribution in [0.3, 0.4) is 0 Å². The number of piperidine rings is 1. The van der Waals surface area contributed by atoms with Crippen LogP contribution >= 0.6 is 11.6 Å². The predicted octanol–water partition coefficient (Wildman–Crippen LogP) is 6.75. The quantitative estimate of drug-likeness (QED) is 0.122. The van der Waals surface area contributed by atoms with Gasteiger partial charge in [-0.3, -0.25) is 9.69 Å². The minimum atomic E-state index is -0.617. The molecule has 9 nitrogen and oxygen atoms in total. The minimum absolute atomic E-state index is 0.0613. The summed E-state index contributed by atoms with van der Waals surface area (Å²) in [6, 6.07) is 24.4. The average molecular weight is 668 g/mol. The van der Waals surface area contributed by atoms with Gasteiger partial charge in [0.25, 0.3) is 5.91 Å². The van der Waals surface area contributed by atoms with Crippen molar-refractivity contribution in [3.63, 3.8) is 0 Å². The maximum atomic E-state index is 13.6. The standard InChI is InChI=1S/C38H42ClN5O4/c1-2-18-43(38(47)48-26-27-9-4-3-5-10-27)32-16-20-42(21-17-32)19-15-29(28-11-8-12-31(39)22-28)25-44-36(45)35(41-37(44)46)23-30-24-40-34-14-7-6-13-33(30)34/h2-14,22,24,29,32,35,40H,1,15-21,23,25-26H2,(H,41,46)/t29?,35-/m1/s1. The topological polar surface area (TPSA) is 98.0 Å². The number of nitrogens with zero attached hydrogens (tertiary/aromatic N) is 3. The summed E-state index contributed by atoms with van der Waals surface area (Å²) in [7, 11) is 0. The summed E-state index contributed by atoms with van der Waals surface area (Å²) in [5.41, 5.74) is 3.95. The molecule has 10 heteroatoms. The zero-order chi connectivity index (χ0) is 33.5. The number of halogens is 1. The Balaban J connectivity index is 1.06. The summed E-state index contributed by atoms with van der Waals surface area (Å²) in [5, 5.41) is 4.59. The number of hydrogen-bond donors (Lipinski definition) is 2. The number of carbonyl (C=O) groups excluding carboxylic acids is 3. The molecule has 250 valence electrons. The van der Waals surface area contributed by atoms with Crippen molar-refractivity contribution in [2.75, 3.05) is 32.7 Å². The Hall–Kier alpha value is -4.60. The second kappa shape index (κ2) is 15.5. The van der Waals surface area contributed by atoms with Gasteiger partial charge in [-0.05, 0) is 60.7 Å². The largest absolute Gasteiger partial charge is 0.445 e. The highest BCUT2D eigenvalue weighted by Gasteiger charge is 2.39. The molecular formula is C38H42ClN5O4. The Labute approximate surface area is 286 Å². The highest BCUT2D eigenvalue weighted by molar-refractivity contribution is 6.30. The van der Waals surface area contributed by atoms with Gasteiger partial charge in [0, 0.05) is 66.7 Å². The van der Waals surface area contributed by atoms with E-state index in [0.717, 1.165) is 66.5 Å². The molecule has 3 aromatic carbocycles. The van der Waals surface area contributed by atoms with Gasteiger partial charge in [0.1, 0.15) is 12.6 Å². The number of carbonyl (C=O) groups is 3. The van der Waals surface area contributed by atoms with Gasteiger partial charge in [-0.1, -0.05) is 78.3 Å². The molecule has 1 unspecified atom stereocenters. The molecule has 48 heavy (non-hydrogen) atoms. The molecule has 4 aromatic rings. The van der Waals surface area contributed by atoms with Crippen LogP contribution in [0, 0.1) is 0 Å². The highest BCUT2D eigenvalue weighted by Crippen LogP contribution is 2.28. The van der Waals surface area contributed by atoms with Gasteiger partial charge in [-0.25, -0.2) is 9.59 Å². The van der Waals surface area contributed by atoms with E-state index >= 15 is 0 Å². The number of hydrogen-bond acceptors (Lipinski definition) is 5. The number of nitrogens with one attached hydrogen (secondary N) is 2. The van der Waals surface area contributed by atoms with Crippen LogP contribution in [0.5, 0.6) is 0 Å². The molecule has 2 saturated heterocycles. The van der Waals surface area contributed by atoms with Gasteiger partial charge in [0.15, 0.2) is 0 Å². The molecule has 0 aliphatic carbocycles. The lowest BCUT2D eigenvalue weighted by Crippen LogP contribution is -2.48. The van der Waals surface area contributed by atoms with Crippen molar-refractivity contribution in [1.82, 2.24) is 25.0 Å². The monoisotopic (exact) mass is 667 g/mol. The Morgan fingerprint density at radius 3 is 2.58 bits per heavy atom. The molecule has 2 aliphatic rings. The maximum Gasteiger partial charge on any atom is 0.410 e. The number of amides is 4. The van der Waals surface area contributed by atoms with E-state index in [0.29, 0.717) is 18.0 Å². The third kappa shape index (κ3) is 7.91. The van der Waals surface area contributed by atoms with Crippen molar-refractivity contribution in [3.05, 3.63) is 119 Å². The van der Waals surface area contributed by atoms with Crippen LogP contribution in [0.25, 0.3) is 10.9 Å². The van der Waals surface area contributed by atoms with Crippen molar-refractivity contribution in [2.45, 2.75) is 50.3 Å². The van der Waals surface area contributed by atoms with Crippen LogP contribution in [0.2, 0.25) is 5.02 Å². The molecule has 2 fully saturated rings. The number of aromatic amines is 1. The fraction of sp³-hybridized carbons (Fsp3) is 0.342.